The van der Waals surface area contributed by atoms with E-state index in [1.165, 1.54) is 23.8 Å². The second kappa shape index (κ2) is 7.64. The molecule has 10 heteroatoms. The minimum absolute atomic E-state index is 0.00883. The number of nitrogens with zero attached hydrogens (tertiary/aromatic N) is 1. The molecule has 146 valence electrons. The van der Waals surface area contributed by atoms with Gasteiger partial charge in [0.15, 0.2) is 3.95 Å². The van der Waals surface area contributed by atoms with Crippen LogP contribution in [0.2, 0.25) is 0 Å². The number of nitrogen functional groups attached to an aromatic ring is 1. The second-order valence-electron chi connectivity index (χ2n) is 5.65. The number of ether oxygens (including phenoxy) is 1. The number of thiazole rings is 1. The van der Waals surface area contributed by atoms with E-state index in [1.54, 1.807) is 24.3 Å². The summed E-state index contributed by atoms with van der Waals surface area (Å²) in [6, 6.07) is 11.3. The molecule has 3 N–H and O–H groups in total. The van der Waals surface area contributed by atoms with Gasteiger partial charge < -0.3 is 15.8 Å². The third-order valence-corrected chi connectivity index (χ3v) is 5.22. The van der Waals surface area contributed by atoms with Crippen LogP contribution in [0.1, 0.15) is 15.2 Å². The fourth-order valence-electron chi connectivity index (χ4n) is 2.48. The number of carbonyl (C=O) groups excluding carboxylic acids is 1. The average Bonchev–Trinajstić information content (AvgIpc) is 2.96. The van der Waals surface area contributed by atoms with Crippen molar-refractivity contribution in [1.82, 2.24) is 4.57 Å². The number of amides is 1. The molecule has 0 saturated heterocycles. The standard InChI is InChI=1S/C18H14F3N3O2S2/c1-26-13-7-5-12(6-8-13)24-15(22)14(28-17(24)27)16(25)23-11-4-2-3-10(9-11)18(19,20)21/h2-9H,22H2,1H3,(H,23,25). The van der Waals surface area contributed by atoms with Gasteiger partial charge >= 0.3 is 6.18 Å². The topological polar surface area (TPSA) is 69.3 Å². The molecule has 0 saturated carbocycles. The summed E-state index contributed by atoms with van der Waals surface area (Å²) >= 11 is 6.27. The Bertz CT molecular complexity index is 1070. The maximum Gasteiger partial charge on any atom is 0.416 e. The fourth-order valence-corrected chi connectivity index (χ4v) is 3.75. The zero-order valence-electron chi connectivity index (χ0n) is 14.4. The van der Waals surface area contributed by atoms with Gasteiger partial charge in [-0.3, -0.25) is 9.36 Å². The van der Waals surface area contributed by atoms with Crippen LogP contribution in [0.3, 0.4) is 0 Å². The molecule has 2 aromatic carbocycles. The first kappa shape index (κ1) is 19.9. The molecule has 5 nitrogen and oxygen atoms in total. The first-order valence-electron chi connectivity index (χ1n) is 7.85. The highest BCUT2D eigenvalue weighted by Gasteiger charge is 2.30. The molecule has 1 aromatic heterocycles. The molecule has 3 rings (SSSR count). The smallest absolute Gasteiger partial charge is 0.416 e. The van der Waals surface area contributed by atoms with Gasteiger partial charge in [0.2, 0.25) is 0 Å². The van der Waals surface area contributed by atoms with E-state index in [0.29, 0.717) is 15.4 Å². The summed E-state index contributed by atoms with van der Waals surface area (Å²) < 4.78 is 45.4. The van der Waals surface area contributed by atoms with Crippen LogP contribution in [0.5, 0.6) is 5.75 Å². The lowest BCUT2D eigenvalue weighted by atomic mass is 10.2. The molecule has 0 fully saturated rings. The molecule has 3 aromatic rings. The van der Waals surface area contributed by atoms with Crippen molar-refractivity contribution in [3.05, 3.63) is 62.9 Å². The van der Waals surface area contributed by atoms with Crippen LogP contribution in [0, 0.1) is 3.95 Å². The van der Waals surface area contributed by atoms with Crippen molar-refractivity contribution in [3.63, 3.8) is 0 Å². The van der Waals surface area contributed by atoms with Crippen LogP contribution >= 0.6 is 23.6 Å². The van der Waals surface area contributed by atoms with Gasteiger partial charge in [-0.15, -0.1) is 0 Å². The normalized spacial score (nSPS) is 11.3. The number of hydrogen-bond acceptors (Lipinski definition) is 5. The number of benzene rings is 2. The predicted molar refractivity (Wildman–Crippen MR) is 105 cm³/mol. The van der Waals surface area contributed by atoms with Crippen LogP contribution in [-0.4, -0.2) is 17.6 Å². The molecular weight excluding hydrogens is 411 g/mol. The highest BCUT2D eigenvalue weighted by molar-refractivity contribution is 7.73. The molecule has 28 heavy (non-hydrogen) atoms. The van der Waals surface area contributed by atoms with Gasteiger partial charge in [-0.2, -0.15) is 13.2 Å². The quantitative estimate of drug-likeness (QED) is 0.569. The van der Waals surface area contributed by atoms with Crippen molar-refractivity contribution in [2.75, 3.05) is 18.2 Å². The molecule has 0 radical (unpaired) electrons. The zero-order valence-corrected chi connectivity index (χ0v) is 16.0. The largest absolute Gasteiger partial charge is 0.497 e. The Balaban J connectivity index is 1.90. The summed E-state index contributed by atoms with van der Waals surface area (Å²) in [4.78, 5) is 12.7. The lowest BCUT2D eigenvalue weighted by Crippen LogP contribution is -2.14. The molecule has 0 aliphatic carbocycles. The third kappa shape index (κ3) is 4.02. The van der Waals surface area contributed by atoms with E-state index in [1.807, 2.05) is 0 Å². The van der Waals surface area contributed by atoms with Crippen molar-refractivity contribution in [2.24, 2.45) is 0 Å². The van der Waals surface area contributed by atoms with Crippen LogP contribution in [0.4, 0.5) is 24.7 Å². The summed E-state index contributed by atoms with van der Waals surface area (Å²) in [5.74, 6) is 0.108. The van der Waals surface area contributed by atoms with Crippen LogP contribution in [0.25, 0.3) is 5.69 Å². The monoisotopic (exact) mass is 425 g/mol. The number of methoxy groups -OCH3 is 1. The van der Waals surface area contributed by atoms with Gasteiger partial charge in [-0.25, -0.2) is 0 Å². The predicted octanol–water partition coefficient (Wildman–Crippen LogP) is 5.13. The number of rotatable bonds is 4. The van der Waals surface area contributed by atoms with Crippen LogP contribution in [0.15, 0.2) is 48.5 Å². The maximum absolute atomic E-state index is 12.8. The van der Waals surface area contributed by atoms with Crippen LogP contribution < -0.4 is 15.8 Å². The third-order valence-electron chi connectivity index (χ3n) is 3.83. The molecule has 0 atom stereocenters. The second-order valence-corrected chi connectivity index (χ2v) is 7.29. The Labute approximate surface area is 167 Å². The molecule has 0 aliphatic heterocycles. The SMILES string of the molecule is COc1ccc(-n2c(N)c(C(=O)Nc3cccc(C(F)(F)F)c3)sc2=S)cc1. The lowest BCUT2D eigenvalue weighted by molar-refractivity contribution is -0.137. The van der Waals surface area contributed by atoms with Gasteiger partial charge in [-0.05, 0) is 54.7 Å². The summed E-state index contributed by atoms with van der Waals surface area (Å²) in [7, 11) is 1.54. The van der Waals surface area contributed by atoms with E-state index in [2.05, 4.69) is 5.32 Å². The highest BCUT2D eigenvalue weighted by Crippen LogP contribution is 2.32. The molecule has 0 bridgehead atoms. The zero-order chi connectivity index (χ0) is 20.5. The molecule has 1 amide bonds. The first-order chi connectivity index (χ1) is 13.2. The number of anilines is 2. The molecule has 0 spiro atoms. The Morgan fingerprint density at radius 1 is 1.21 bits per heavy atom. The van der Waals surface area contributed by atoms with Gasteiger partial charge in [-0.1, -0.05) is 17.4 Å². The lowest BCUT2D eigenvalue weighted by Gasteiger charge is -2.10. The summed E-state index contributed by atoms with van der Waals surface area (Å²) in [5, 5.41) is 2.43. The van der Waals surface area contributed by atoms with Gasteiger partial charge in [0.05, 0.1) is 12.7 Å². The summed E-state index contributed by atoms with van der Waals surface area (Å²) in [6.45, 7) is 0. The van der Waals surface area contributed by atoms with Crippen LogP contribution in [-0.2, 0) is 6.18 Å². The number of carbonyl (C=O) groups is 1. The van der Waals surface area contributed by atoms with E-state index in [4.69, 9.17) is 22.7 Å². The highest BCUT2D eigenvalue weighted by atomic mass is 32.1. The number of halogens is 3. The number of nitrogens with one attached hydrogen (secondary N) is 1. The number of alkyl halides is 3. The molecule has 0 unspecified atom stereocenters. The fraction of sp³-hybridized carbons (Fsp3) is 0.111. The summed E-state index contributed by atoms with van der Waals surface area (Å²) in [6.07, 6.45) is -4.51. The van der Waals surface area contributed by atoms with Gasteiger partial charge in [0.25, 0.3) is 5.91 Å². The van der Waals surface area contributed by atoms with Crippen molar-refractivity contribution in [2.45, 2.75) is 6.18 Å². The average molecular weight is 425 g/mol. The van der Waals surface area contributed by atoms with E-state index in [-0.39, 0.29) is 16.4 Å². The number of nitrogens with two attached hydrogens (primary N) is 1. The molecule has 0 aliphatic rings. The minimum Gasteiger partial charge on any atom is -0.497 e. The Hall–Kier alpha value is -2.85. The molecular formula is C18H14F3N3O2S2. The van der Waals surface area contributed by atoms with Crippen molar-refractivity contribution in [3.8, 4) is 11.4 Å². The maximum atomic E-state index is 12.8. The molecule has 1 heterocycles. The van der Waals surface area contributed by atoms with Crippen molar-refractivity contribution >= 4 is 41.0 Å². The first-order valence-corrected chi connectivity index (χ1v) is 9.07. The van der Waals surface area contributed by atoms with Crippen molar-refractivity contribution in [1.29, 1.82) is 0 Å². The van der Waals surface area contributed by atoms with E-state index in [9.17, 15) is 18.0 Å². The number of hydrogen-bond donors (Lipinski definition) is 2. The minimum atomic E-state index is -4.51. The van der Waals surface area contributed by atoms with Crippen molar-refractivity contribution < 1.29 is 22.7 Å². The van der Waals surface area contributed by atoms with E-state index >= 15 is 0 Å². The number of aromatic nitrogens is 1. The van der Waals surface area contributed by atoms with E-state index < -0.39 is 17.6 Å². The Kier molecular flexibility index (Phi) is 5.43. The van der Waals surface area contributed by atoms with E-state index in [0.717, 1.165) is 23.5 Å². The summed E-state index contributed by atoms with van der Waals surface area (Å²) in [5.41, 5.74) is 5.88. The van der Waals surface area contributed by atoms with Gasteiger partial charge in [0, 0.05) is 11.4 Å². The Morgan fingerprint density at radius 2 is 1.89 bits per heavy atom. The Morgan fingerprint density at radius 3 is 2.50 bits per heavy atom. The van der Waals surface area contributed by atoms with Gasteiger partial charge in [0.1, 0.15) is 16.4 Å².